The quantitative estimate of drug-likeness (QED) is 0.645. The summed E-state index contributed by atoms with van der Waals surface area (Å²) >= 11 is 0. The lowest BCUT2D eigenvalue weighted by molar-refractivity contribution is -0.385. The van der Waals surface area contributed by atoms with Gasteiger partial charge in [-0.3, -0.25) is 15.0 Å². The van der Waals surface area contributed by atoms with Crippen LogP contribution in [0, 0.1) is 17.0 Å². The van der Waals surface area contributed by atoms with Gasteiger partial charge in [-0.2, -0.15) is 4.98 Å². The van der Waals surface area contributed by atoms with Crippen molar-refractivity contribution in [3.05, 3.63) is 15.8 Å². The minimum Gasteiger partial charge on any atom is -0.368 e. The van der Waals surface area contributed by atoms with Crippen molar-refractivity contribution in [3.8, 4) is 0 Å². The molecule has 1 atom stereocenters. The summed E-state index contributed by atoms with van der Waals surface area (Å²) in [7, 11) is 0. The lowest BCUT2D eigenvalue weighted by Gasteiger charge is -2.39. The molecule has 1 aromatic rings. The highest BCUT2D eigenvalue weighted by Crippen LogP contribution is 2.30. The second kappa shape index (κ2) is 5.58. The Kier molecular flexibility index (Phi) is 4.03. The first-order valence-corrected chi connectivity index (χ1v) is 6.71. The molecule has 1 saturated heterocycles. The molecule has 8 nitrogen and oxygen atoms in total. The summed E-state index contributed by atoms with van der Waals surface area (Å²) in [6.45, 7) is 9.05. The number of nitrogens with zero attached hydrogens (tertiary/aromatic N) is 5. The molecule has 20 heavy (non-hydrogen) atoms. The second-order valence-corrected chi connectivity index (χ2v) is 5.02. The number of aromatic nitrogens is 2. The molecule has 0 amide bonds. The lowest BCUT2D eigenvalue weighted by atomic mass is 10.2. The van der Waals surface area contributed by atoms with Gasteiger partial charge in [0.1, 0.15) is 5.69 Å². The summed E-state index contributed by atoms with van der Waals surface area (Å²) in [5.74, 6) is 0.413. The van der Waals surface area contributed by atoms with E-state index in [-0.39, 0.29) is 11.6 Å². The molecular weight excluding hydrogens is 260 g/mol. The van der Waals surface area contributed by atoms with Gasteiger partial charge >= 0.3 is 5.69 Å². The van der Waals surface area contributed by atoms with Gasteiger partial charge in [0.2, 0.25) is 11.8 Å². The average Bonchev–Trinajstić information content (AvgIpc) is 2.37. The minimum absolute atomic E-state index is 0.0450. The number of hydrogen-bond acceptors (Lipinski definition) is 7. The zero-order chi connectivity index (χ0) is 14.9. The monoisotopic (exact) mass is 280 g/mol. The first kappa shape index (κ1) is 14.4. The van der Waals surface area contributed by atoms with E-state index in [2.05, 4.69) is 28.7 Å². The van der Waals surface area contributed by atoms with Crippen molar-refractivity contribution in [1.82, 2.24) is 14.9 Å². The number of rotatable bonds is 3. The molecule has 1 unspecified atom stereocenters. The number of piperazine rings is 1. The number of aryl methyl sites for hydroxylation is 1. The number of anilines is 2. The van der Waals surface area contributed by atoms with Crippen molar-refractivity contribution >= 4 is 17.5 Å². The van der Waals surface area contributed by atoms with Gasteiger partial charge in [-0.15, -0.1) is 0 Å². The van der Waals surface area contributed by atoms with Crippen LogP contribution in [0.4, 0.5) is 17.5 Å². The molecule has 0 saturated carbocycles. The van der Waals surface area contributed by atoms with Crippen molar-refractivity contribution in [1.29, 1.82) is 0 Å². The Balaban J connectivity index is 2.35. The zero-order valence-electron chi connectivity index (χ0n) is 12.0. The average molecular weight is 280 g/mol. The zero-order valence-corrected chi connectivity index (χ0v) is 12.0. The van der Waals surface area contributed by atoms with E-state index in [4.69, 9.17) is 5.73 Å². The van der Waals surface area contributed by atoms with Crippen LogP contribution in [0.15, 0.2) is 0 Å². The largest absolute Gasteiger partial charge is 0.368 e. The van der Waals surface area contributed by atoms with Crippen LogP contribution in [0.3, 0.4) is 0 Å². The minimum atomic E-state index is -0.430. The highest BCUT2D eigenvalue weighted by atomic mass is 16.6. The van der Waals surface area contributed by atoms with Gasteiger partial charge in [-0.25, -0.2) is 4.98 Å². The molecule has 1 aromatic heterocycles. The van der Waals surface area contributed by atoms with E-state index in [1.54, 1.807) is 6.92 Å². The molecule has 0 bridgehead atoms. The summed E-state index contributed by atoms with van der Waals surface area (Å²) in [6.07, 6.45) is 0. The molecule has 1 aliphatic heterocycles. The first-order valence-electron chi connectivity index (χ1n) is 6.71. The maximum Gasteiger partial charge on any atom is 0.332 e. The molecule has 110 valence electrons. The normalized spacial score (nSPS) is 20.1. The van der Waals surface area contributed by atoms with E-state index in [9.17, 15) is 10.1 Å². The topological polar surface area (TPSA) is 101 Å². The summed E-state index contributed by atoms with van der Waals surface area (Å²) in [6, 6.07) is 0.324. The molecule has 2 rings (SSSR count). The van der Waals surface area contributed by atoms with Crippen LogP contribution in [0.1, 0.15) is 19.5 Å². The number of likely N-dealkylation sites (N-methyl/N-ethyl adjacent to an activating group) is 1. The summed E-state index contributed by atoms with van der Waals surface area (Å²) in [5, 5.41) is 11.2. The standard InChI is InChI=1S/C12H20N6O2/c1-4-16-5-6-17(7-8(16)2)11-10(18(19)20)9(3)14-12(13)15-11/h8H,4-7H2,1-3H3,(H2,13,14,15). The Morgan fingerprint density at radius 3 is 2.70 bits per heavy atom. The van der Waals surface area contributed by atoms with Gasteiger partial charge in [0.15, 0.2) is 0 Å². The SMILES string of the molecule is CCN1CCN(c2nc(N)nc(C)c2[N+](=O)[O-])CC1C. The predicted molar refractivity (Wildman–Crippen MR) is 76.8 cm³/mol. The highest BCUT2D eigenvalue weighted by Gasteiger charge is 2.30. The molecule has 0 spiro atoms. The van der Waals surface area contributed by atoms with E-state index in [0.29, 0.717) is 30.6 Å². The van der Waals surface area contributed by atoms with Gasteiger partial charge in [0.05, 0.1) is 4.92 Å². The fraction of sp³-hybridized carbons (Fsp3) is 0.667. The molecule has 0 aromatic carbocycles. The van der Waals surface area contributed by atoms with Crippen molar-refractivity contribution in [2.45, 2.75) is 26.8 Å². The van der Waals surface area contributed by atoms with Gasteiger partial charge in [-0.1, -0.05) is 6.92 Å². The molecular formula is C12H20N6O2. The molecule has 0 radical (unpaired) electrons. The fourth-order valence-electron chi connectivity index (χ4n) is 2.66. The van der Waals surface area contributed by atoms with E-state index in [1.165, 1.54) is 0 Å². The third kappa shape index (κ3) is 2.64. The van der Waals surface area contributed by atoms with Crippen LogP contribution in [0.25, 0.3) is 0 Å². The maximum atomic E-state index is 11.2. The lowest BCUT2D eigenvalue weighted by Crippen LogP contribution is -2.52. The smallest absolute Gasteiger partial charge is 0.332 e. The van der Waals surface area contributed by atoms with Gasteiger partial charge < -0.3 is 10.6 Å². The van der Waals surface area contributed by atoms with Crippen LogP contribution in [-0.4, -0.2) is 52.0 Å². The maximum absolute atomic E-state index is 11.2. The molecule has 0 aliphatic carbocycles. The second-order valence-electron chi connectivity index (χ2n) is 5.02. The van der Waals surface area contributed by atoms with Crippen LogP contribution in [0.2, 0.25) is 0 Å². The third-order valence-corrected chi connectivity index (χ3v) is 3.71. The summed E-state index contributed by atoms with van der Waals surface area (Å²) < 4.78 is 0. The summed E-state index contributed by atoms with van der Waals surface area (Å²) in [4.78, 5) is 23.1. The van der Waals surface area contributed by atoms with Crippen LogP contribution in [-0.2, 0) is 0 Å². The Hall–Kier alpha value is -1.96. The first-order chi connectivity index (χ1) is 9.43. The van der Waals surface area contributed by atoms with Crippen LogP contribution in [0.5, 0.6) is 0 Å². The van der Waals surface area contributed by atoms with Crippen molar-refractivity contribution < 1.29 is 4.92 Å². The molecule has 8 heteroatoms. The van der Waals surface area contributed by atoms with Gasteiger partial charge in [-0.05, 0) is 20.4 Å². The Labute approximate surface area is 117 Å². The third-order valence-electron chi connectivity index (χ3n) is 3.71. The Bertz CT molecular complexity index is 521. The molecule has 2 N–H and O–H groups in total. The van der Waals surface area contributed by atoms with Gasteiger partial charge in [0.25, 0.3) is 0 Å². The molecule has 1 fully saturated rings. The highest BCUT2D eigenvalue weighted by molar-refractivity contribution is 5.62. The fourth-order valence-corrected chi connectivity index (χ4v) is 2.66. The number of hydrogen-bond donors (Lipinski definition) is 1. The Morgan fingerprint density at radius 1 is 1.45 bits per heavy atom. The summed E-state index contributed by atoms with van der Waals surface area (Å²) in [5.41, 5.74) is 5.90. The number of nitrogen functional groups attached to an aromatic ring is 1. The van der Waals surface area contributed by atoms with Gasteiger partial charge in [0, 0.05) is 25.7 Å². The van der Waals surface area contributed by atoms with Crippen molar-refractivity contribution in [3.63, 3.8) is 0 Å². The van der Waals surface area contributed by atoms with Crippen LogP contribution >= 0.6 is 0 Å². The number of nitro groups is 1. The van der Waals surface area contributed by atoms with E-state index >= 15 is 0 Å². The van der Waals surface area contributed by atoms with Crippen LogP contribution < -0.4 is 10.6 Å². The molecule has 2 heterocycles. The predicted octanol–water partition coefficient (Wildman–Crippen LogP) is 0.806. The van der Waals surface area contributed by atoms with E-state index in [1.807, 2.05) is 4.90 Å². The number of nitrogens with two attached hydrogens (primary N) is 1. The van der Waals surface area contributed by atoms with E-state index in [0.717, 1.165) is 13.1 Å². The van der Waals surface area contributed by atoms with Crippen molar-refractivity contribution in [2.24, 2.45) is 0 Å². The van der Waals surface area contributed by atoms with E-state index < -0.39 is 4.92 Å². The Morgan fingerprint density at radius 2 is 2.15 bits per heavy atom. The molecule has 1 aliphatic rings. The van der Waals surface area contributed by atoms with Crippen molar-refractivity contribution in [2.75, 3.05) is 36.8 Å².